The van der Waals surface area contributed by atoms with Crippen LogP contribution in [-0.2, 0) is 4.79 Å². The Morgan fingerprint density at radius 1 is 1.54 bits per heavy atom. The molecule has 0 bridgehead atoms. The first-order chi connectivity index (χ1) is 6.18. The molecular weight excluding hydrogens is 172 g/mol. The third-order valence-corrected chi connectivity index (χ3v) is 2.89. The molecule has 0 spiro atoms. The van der Waals surface area contributed by atoms with Gasteiger partial charge in [-0.3, -0.25) is 4.79 Å². The zero-order valence-electron chi connectivity index (χ0n) is 7.12. The number of carbonyl (C=O) groups excluding carboxylic acids is 1. The largest absolute Gasteiger partial charge is 0.465 e. The van der Waals surface area contributed by atoms with E-state index in [2.05, 4.69) is 10.6 Å². The molecule has 2 amide bonds. The van der Waals surface area contributed by atoms with Crippen molar-refractivity contribution in [3.63, 3.8) is 0 Å². The van der Waals surface area contributed by atoms with Gasteiger partial charge >= 0.3 is 6.09 Å². The standard InChI is InChI=1S/C8H12N2O3/c11-7-6(10-8(12)13)4-2-1-3-5(4)9-7/h4-6,10H,1-3H2,(H,9,11)(H,12,13)/t4-,5+,6-/m0/s1. The second-order valence-corrected chi connectivity index (χ2v) is 3.64. The first kappa shape index (κ1) is 8.34. The molecule has 1 heterocycles. The Balaban J connectivity index is 2.08. The fourth-order valence-electron chi connectivity index (χ4n) is 2.34. The van der Waals surface area contributed by atoms with Crippen molar-refractivity contribution in [3.05, 3.63) is 0 Å². The zero-order valence-corrected chi connectivity index (χ0v) is 7.12. The van der Waals surface area contributed by atoms with Crippen LogP contribution in [0.3, 0.4) is 0 Å². The maximum atomic E-state index is 11.3. The summed E-state index contributed by atoms with van der Waals surface area (Å²) in [5, 5.41) is 13.6. The van der Waals surface area contributed by atoms with Gasteiger partial charge < -0.3 is 15.7 Å². The average molecular weight is 184 g/mol. The number of fused-ring (bicyclic) bond motifs is 1. The molecule has 1 saturated heterocycles. The third-order valence-electron chi connectivity index (χ3n) is 2.89. The number of carbonyl (C=O) groups is 2. The van der Waals surface area contributed by atoms with Gasteiger partial charge in [0, 0.05) is 12.0 Å². The Hall–Kier alpha value is -1.26. The second kappa shape index (κ2) is 2.90. The smallest absolute Gasteiger partial charge is 0.405 e. The van der Waals surface area contributed by atoms with Crippen molar-refractivity contribution in [1.29, 1.82) is 0 Å². The van der Waals surface area contributed by atoms with E-state index in [1.807, 2.05) is 0 Å². The van der Waals surface area contributed by atoms with Gasteiger partial charge in [-0.2, -0.15) is 0 Å². The monoisotopic (exact) mass is 184 g/mol. The molecule has 0 unspecified atom stereocenters. The molecule has 0 radical (unpaired) electrons. The van der Waals surface area contributed by atoms with E-state index in [0.29, 0.717) is 0 Å². The topological polar surface area (TPSA) is 78.4 Å². The minimum Gasteiger partial charge on any atom is -0.465 e. The molecule has 13 heavy (non-hydrogen) atoms. The van der Waals surface area contributed by atoms with Crippen LogP contribution in [0.5, 0.6) is 0 Å². The molecule has 5 heteroatoms. The molecule has 3 atom stereocenters. The van der Waals surface area contributed by atoms with E-state index in [4.69, 9.17) is 5.11 Å². The van der Waals surface area contributed by atoms with Gasteiger partial charge in [0.25, 0.3) is 0 Å². The van der Waals surface area contributed by atoms with Crippen molar-refractivity contribution >= 4 is 12.0 Å². The molecule has 1 aliphatic carbocycles. The molecule has 2 rings (SSSR count). The lowest BCUT2D eigenvalue weighted by Crippen LogP contribution is -2.42. The summed E-state index contributed by atoms with van der Waals surface area (Å²) in [5.41, 5.74) is 0. The van der Waals surface area contributed by atoms with E-state index in [0.717, 1.165) is 19.3 Å². The molecule has 1 aliphatic heterocycles. The number of rotatable bonds is 1. The Kier molecular flexibility index (Phi) is 1.86. The van der Waals surface area contributed by atoms with Crippen LogP contribution >= 0.6 is 0 Å². The first-order valence-corrected chi connectivity index (χ1v) is 4.48. The lowest BCUT2D eigenvalue weighted by atomic mass is 9.99. The number of nitrogens with one attached hydrogen (secondary N) is 2. The Bertz CT molecular complexity index is 254. The highest BCUT2D eigenvalue weighted by atomic mass is 16.4. The number of hydrogen-bond acceptors (Lipinski definition) is 2. The highest BCUT2D eigenvalue weighted by Gasteiger charge is 2.45. The van der Waals surface area contributed by atoms with E-state index in [1.54, 1.807) is 0 Å². The van der Waals surface area contributed by atoms with Crippen LogP contribution in [-0.4, -0.2) is 29.2 Å². The molecule has 0 aromatic heterocycles. The van der Waals surface area contributed by atoms with E-state index < -0.39 is 12.1 Å². The molecule has 2 aliphatic rings. The summed E-state index contributed by atoms with van der Waals surface area (Å²) in [6.07, 6.45) is 1.88. The number of amides is 2. The van der Waals surface area contributed by atoms with Crippen LogP contribution in [0.2, 0.25) is 0 Å². The summed E-state index contributed by atoms with van der Waals surface area (Å²) in [6.45, 7) is 0. The van der Waals surface area contributed by atoms with Crippen molar-refractivity contribution in [2.45, 2.75) is 31.3 Å². The fourth-order valence-corrected chi connectivity index (χ4v) is 2.34. The molecule has 5 nitrogen and oxygen atoms in total. The molecule has 1 saturated carbocycles. The fraction of sp³-hybridized carbons (Fsp3) is 0.750. The van der Waals surface area contributed by atoms with Gasteiger partial charge in [-0.15, -0.1) is 0 Å². The molecule has 2 fully saturated rings. The lowest BCUT2D eigenvalue weighted by Gasteiger charge is -2.14. The molecule has 3 N–H and O–H groups in total. The summed E-state index contributed by atoms with van der Waals surface area (Å²) in [7, 11) is 0. The summed E-state index contributed by atoms with van der Waals surface area (Å²) < 4.78 is 0. The lowest BCUT2D eigenvalue weighted by molar-refractivity contribution is -0.121. The van der Waals surface area contributed by atoms with Gasteiger partial charge in [0.05, 0.1) is 0 Å². The molecule has 0 aromatic carbocycles. The predicted molar refractivity (Wildman–Crippen MR) is 44.2 cm³/mol. The van der Waals surface area contributed by atoms with E-state index in [-0.39, 0.29) is 17.9 Å². The normalized spacial score (nSPS) is 36.9. The van der Waals surface area contributed by atoms with Gasteiger partial charge in [-0.25, -0.2) is 4.79 Å². The SMILES string of the molecule is O=C(O)N[C@@H]1C(=O)N[C@@H]2CCC[C@H]12. The van der Waals surface area contributed by atoms with Crippen LogP contribution in [0.1, 0.15) is 19.3 Å². The second-order valence-electron chi connectivity index (χ2n) is 3.64. The average Bonchev–Trinajstić information content (AvgIpc) is 2.55. The molecular formula is C8H12N2O3. The third kappa shape index (κ3) is 1.34. The van der Waals surface area contributed by atoms with Crippen LogP contribution in [0, 0.1) is 5.92 Å². The summed E-state index contributed by atoms with van der Waals surface area (Å²) in [6, 6.07) is -0.325. The van der Waals surface area contributed by atoms with Crippen molar-refractivity contribution in [3.8, 4) is 0 Å². The van der Waals surface area contributed by atoms with Crippen molar-refractivity contribution in [2.24, 2.45) is 5.92 Å². The number of hydrogen-bond donors (Lipinski definition) is 3. The van der Waals surface area contributed by atoms with Crippen molar-refractivity contribution in [2.75, 3.05) is 0 Å². The van der Waals surface area contributed by atoms with E-state index in [1.165, 1.54) is 0 Å². The Morgan fingerprint density at radius 2 is 2.31 bits per heavy atom. The van der Waals surface area contributed by atoms with Crippen molar-refractivity contribution < 1.29 is 14.7 Å². The molecule has 0 aromatic rings. The van der Waals surface area contributed by atoms with Crippen LogP contribution in [0.4, 0.5) is 4.79 Å². The maximum absolute atomic E-state index is 11.3. The highest BCUT2D eigenvalue weighted by Crippen LogP contribution is 2.32. The molecule has 72 valence electrons. The first-order valence-electron chi connectivity index (χ1n) is 4.48. The van der Waals surface area contributed by atoms with Gasteiger partial charge in [0.15, 0.2) is 0 Å². The van der Waals surface area contributed by atoms with Gasteiger partial charge in [0.1, 0.15) is 6.04 Å². The summed E-state index contributed by atoms with van der Waals surface area (Å²) in [5.74, 6) is 0.000648. The predicted octanol–water partition coefficient (Wildman–Crippen LogP) is -0.0789. The van der Waals surface area contributed by atoms with Crippen LogP contribution in [0.25, 0.3) is 0 Å². The number of carboxylic acid groups (broad SMARTS) is 1. The van der Waals surface area contributed by atoms with E-state index in [9.17, 15) is 9.59 Å². The van der Waals surface area contributed by atoms with Crippen LogP contribution < -0.4 is 10.6 Å². The van der Waals surface area contributed by atoms with Gasteiger partial charge in [-0.05, 0) is 12.8 Å². The zero-order chi connectivity index (χ0) is 9.42. The minimum absolute atomic E-state index is 0.169. The Labute approximate surface area is 75.5 Å². The highest BCUT2D eigenvalue weighted by molar-refractivity contribution is 5.88. The summed E-state index contributed by atoms with van der Waals surface area (Å²) >= 11 is 0. The van der Waals surface area contributed by atoms with Gasteiger partial charge in [0.2, 0.25) is 5.91 Å². The maximum Gasteiger partial charge on any atom is 0.405 e. The minimum atomic E-state index is -1.12. The van der Waals surface area contributed by atoms with Gasteiger partial charge in [-0.1, -0.05) is 6.42 Å². The van der Waals surface area contributed by atoms with Crippen LogP contribution in [0.15, 0.2) is 0 Å². The van der Waals surface area contributed by atoms with Crippen molar-refractivity contribution in [1.82, 2.24) is 10.6 Å². The quantitative estimate of drug-likeness (QED) is 0.533. The summed E-state index contributed by atoms with van der Waals surface area (Å²) in [4.78, 5) is 21.7. The van der Waals surface area contributed by atoms with E-state index >= 15 is 0 Å². The Morgan fingerprint density at radius 3 is 3.00 bits per heavy atom.